The summed E-state index contributed by atoms with van der Waals surface area (Å²) in [6.45, 7) is 2.44. The van der Waals surface area contributed by atoms with Crippen molar-refractivity contribution >= 4 is 22.9 Å². The lowest BCUT2D eigenvalue weighted by Crippen LogP contribution is -2.21. The van der Waals surface area contributed by atoms with Gasteiger partial charge in [-0.3, -0.25) is 0 Å². The van der Waals surface area contributed by atoms with Crippen LogP contribution in [-0.4, -0.2) is 17.8 Å². The fraction of sp³-hybridized carbons (Fsp3) is 0.600. The summed E-state index contributed by atoms with van der Waals surface area (Å²) in [5.41, 5.74) is 5.39. The topological polar surface area (TPSA) is 46.2 Å². The van der Waals surface area contributed by atoms with Gasteiger partial charge in [-0.2, -0.15) is 0 Å². The Morgan fingerprint density at radius 1 is 1.57 bits per heavy atom. The third-order valence-electron chi connectivity index (χ3n) is 2.32. The van der Waals surface area contributed by atoms with Gasteiger partial charge < -0.3 is 10.8 Å². The smallest absolute Gasteiger partial charge is 0.0931 e. The molecule has 0 aliphatic carbocycles. The molecular weight excluding hydrogens is 218 g/mol. The van der Waals surface area contributed by atoms with Crippen molar-refractivity contribution in [1.82, 2.24) is 0 Å². The maximum absolute atomic E-state index is 9.47. The van der Waals surface area contributed by atoms with Gasteiger partial charge in [-0.15, -0.1) is 11.3 Å². The Bertz CT molecular complexity index is 277. The van der Waals surface area contributed by atoms with Crippen LogP contribution in [-0.2, 0) is 0 Å². The predicted molar refractivity (Wildman–Crippen MR) is 62.0 cm³/mol. The van der Waals surface area contributed by atoms with E-state index < -0.39 is 6.10 Å². The molecule has 1 aromatic heterocycles. The Hall–Kier alpha value is -0.0900. The molecule has 0 amide bonds. The highest BCUT2D eigenvalue weighted by Crippen LogP contribution is 2.32. The van der Waals surface area contributed by atoms with Gasteiger partial charge in [0.05, 0.1) is 10.4 Å². The molecule has 1 aromatic rings. The molecule has 0 fully saturated rings. The van der Waals surface area contributed by atoms with Crippen LogP contribution in [0.5, 0.6) is 0 Å². The molecule has 3 N–H and O–H groups in total. The minimum atomic E-state index is -0.402. The van der Waals surface area contributed by atoms with E-state index in [1.54, 1.807) is 11.3 Å². The van der Waals surface area contributed by atoms with E-state index in [4.69, 9.17) is 17.3 Å². The zero-order valence-corrected chi connectivity index (χ0v) is 9.81. The van der Waals surface area contributed by atoms with Crippen molar-refractivity contribution in [2.45, 2.75) is 31.8 Å². The molecule has 0 saturated carbocycles. The molecule has 2 atom stereocenters. The van der Waals surface area contributed by atoms with Crippen LogP contribution in [0.4, 0.5) is 0 Å². The first kappa shape index (κ1) is 12.0. The van der Waals surface area contributed by atoms with Crippen LogP contribution in [0.25, 0.3) is 0 Å². The van der Waals surface area contributed by atoms with Crippen LogP contribution in [0.3, 0.4) is 0 Å². The highest BCUT2D eigenvalue weighted by atomic mass is 35.5. The largest absolute Gasteiger partial charge is 0.392 e. The molecular formula is C10H16ClNOS. The van der Waals surface area contributed by atoms with Crippen LogP contribution >= 0.6 is 22.9 Å². The summed E-state index contributed by atoms with van der Waals surface area (Å²) in [4.78, 5) is 1.24. The molecule has 0 aliphatic rings. The van der Waals surface area contributed by atoms with Crippen molar-refractivity contribution in [2.75, 3.05) is 6.54 Å². The molecule has 0 radical (unpaired) electrons. The Balaban J connectivity index is 2.62. The molecule has 0 spiro atoms. The van der Waals surface area contributed by atoms with Gasteiger partial charge in [0.2, 0.25) is 0 Å². The molecule has 0 aliphatic heterocycles. The Morgan fingerprint density at radius 2 is 2.29 bits per heavy atom. The number of hydrogen-bond acceptors (Lipinski definition) is 3. The summed E-state index contributed by atoms with van der Waals surface area (Å²) < 4.78 is 0.806. The second-order valence-corrected chi connectivity index (χ2v) is 5.12. The van der Waals surface area contributed by atoms with Gasteiger partial charge in [0.25, 0.3) is 0 Å². The molecule has 0 bridgehead atoms. The van der Waals surface area contributed by atoms with E-state index in [-0.39, 0.29) is 0 Å². The van der Waals surface area contributed by atoms with Crippen molar-refractivity contribution in [3.05, 3.63) is 21.3 Å². The first-order valence-electron chi connectivity index (χ1n) is 4.80. The van der Waals surface area contributed by atoms with Gasteiger partial charge in [0.15, 0.2) is 0 Å². The Morgan fingerprint density at radius 3 is 2.71 bits per heavy atom. The number of nitrogens with two attached hydrogens (primary N) is 1. The van der Waals surface area contributed by atoms with Crippen LogP contribution < -0.4 is 5.73 Å². The van der Waals surface area contributed by atoms with Crippen molar-refractivity contribution in [3.8, 4) is 0 Å². The third kappa shape index (κ3) is 3.24. The monoisotopic (exact) mass is 233 g/mol. The molecule has 14 heavy (non-hydrogen) atoms. The highest BCUT2D eigenvalue weighted by molar-refractivity contribution is 7.16. The number of rotatable bonds is 5. The number of hydrogen-bond donors (Lipinski definition) is 2. The van der Waals surface area contributed by atoms with E-state index in [0.29, 0.717) is 12.5 Å². The van der Waals surface area contributed by atoms with Gasteiger partial charge in [-0.25, -0.2) is 0 Å². The lowest BCUT2D eigenvalue weighted by molar-refractivity contribution is 0.162. The third-order valence-corrected chi connectivity index (χ3v) is 3.71. The second kappa shape index (κ2) is 5.71. The van der Waals surface area contributed by atoms with E-state index in [1.165, 1.54) is 4.88 Å². The normalized spacial score (nSPS) is 15.4. The van der Waals surface area contributed by atoms with Gasteiger partial charge in [0.1, 0.15) is 0 Å². The van der Waals surface area contributed by atoms with Crippen molar-refractivity contribution in [2.24, 2.45) is 5.73 Å². The highest BCUT2D eigenvalue weighted by Gasteiger charge is 2.15. The zero-order valence-electron chi connectivity index (χ0n) is 8.24. The van der Waals surface area contributed by atoms with Gasteiger partial charge in [-0.1, -0.05) is 18.5 Å². The van der Waals surface area contributed by atoms with Gasteiger partial charge in [0, 0.05) is 11.4 Å². The predicted octanol–water partition coefficient (Wildman–Crippen LogP) is 2.60. The quantitative estimate of drug-likeness (QED) is 0.821. The van der Waals surface area contributed by atoms with E-state index in [2.05, 4.69) is 6.92 Å². The average Bonchev–Trinajstić information content (AvgIpc) is 2.60. The Labute approximate surface area is 93.7 Å². The minimum Gasteiger partial charge on any atom is -0.392 e. The standard InChI is InChI=1S/C10H16ClNOS/c1-2-7(5-8(13)6-12)9-3-4-10(11)14-9/h3-4,7-8,13H,2,5-6,12H2,1H3. The maximum Gasteiger partial charge on any atom is 0.0931 e. The van der Waals surface area contributed by atoms with Crippen LogP contribution in [0.15, 0.2) is 12.1 Å². The Kier molecular flexibility index (Phi) is 4.89. The van der Waals surface area contributed by atoms with E-state index in [9.17, 15) is 5.11 Å². The lowest BCUT2D eigenvalue weighted by atomic mass is 9.97. The molecule has 2 unspecified atom stereocenters. The molecule has 4 heteroatoms. The van der Waals surface area contributed by atoms with Crippen LogP contribution in [0.2, 0.25) is 4.34 Å². The molecule has 80 valence electrons. The molecule has 1 heterocycles. The fourth-order valence-electron chi connectivity index (χ4n) is 1.46. The molecule has 0 aromatic carbocycles. The number of aliphatic hydroxyl groups is 1. The first-order chi connectivity index (χ1) is 6.67. The zero-order chi connectivity index (χ0) is 10.6. The molecule has 1 rings (SSSR count). The first-order valence-corrected chi connectivity index (χ1v) is 6.00. The number of aliphatic hydroxyl groups excluding tert-OH is 1. The van der Waals surface area contributed by atoms with Gasteiger partial charge >= 0.3 is 0 Å². The summed E-state index contributed by atoms with van der Waals surface area (Å²) in [6, 6.07) is 3.93. The van der Waals surface area contributed by atoms with Crippen molar-refractivity contribution in [1.29, 1.82) is 0 Å². The van der Waals surface area contributed by atoms with Crippen LogP contribution in [0.1, 0.15) is 30.6 Å². The summed E-state index contributed by atoms with van der Waals surface area (Å²) in [7, 11) is 0. The second-order valence-electron chi connectivity index (χ2n) is 3.37. The average molecular weight is 234 g/mol. The maximum atomic E-state index is 9.47. The molecule has 0 saturated heterocycles. The summed E-state index contributed by atoms with van der Waals surface area (Å²) >= 11 is 7.45. The summed E-state index contributed by atoms with van der Waals surface area (Å²) in [5, 5.41) is 9.47. The van der Waals surface area contributed by atoms with Gasteiger partial charge in [-0.05, 0) is 30.9 Å². The number of thiophene rings is 1. The minimum absolute atomic E-state index is 0.329. The lowest BCUT2D eigenvalue weighted by Gasteiger charge is -2.16. The summed E-state index contributed by atoms with van der Waals surface area (Å²) in [6.07, 6.45) is 1.33. The van der Waals surface area contributed by atoms with E-state index in [0.717, 1.165) is 17.2 Å². The SMILES string of the molecule is CCC(CC(O)CN)c1ccc(Cl)s1. The van der Waals surface area contributed by atoms with Crippen molar-refractivity contribution in [3.63, 3.8) is 0 Å². The van der Waals surface area contributed by atoms with Crippen LogP contribution in [0, 0.1) is 0 Å². The van der Waals surface area contributed by atoms with E-state index in [1.807, 2.05) is 12.1 Å². The fourth-order valence-corrected chi connectivity index (χ4v) is 2.71. The van der Waals surface area contributed by atoms with E-state index >= 15 is 0 Å². The van der Waals surface area contributed by atoms with Crippen molar-refractivity contribution < 1.29 is 5.11 Å². The number of halogens is 1. The summed E-state index contributed by atoms with van der Waals surface area (Å²) in [5.74, 6) is 0.381. The molecule has 2 nitrogen and oxygen atoms in total.